The Labute approximate surface area is 143 Å². The number of aromatic amines is 1. The highest BCUT2D eigenvalue weighted by Gasteiger charge is 2.21. The molecule has 0 bridgehead atoms. The summed E-state index contributed by atoms with van der Waals surface area (Å²) in [6.07, 6.45) is 4.17. The Hall–Kier alpha value is -2.62. The van der Waals surface area contributed by atoms with Crippen molar-refractivity contribution in [3.63, 3.8) is 0 Å². The first-order chi connectivity index (χ1) is 11.8. The molecule has 1 saturated heterocycles. The third-order valence-electron chi connectivity index (χ3n) is 4.17. The van der Waals surface area contributed by atoms with Gasteiger partial charge in [-0.3, -0.25) is 0 Å². The Kier molecular flexibility index (Phi) is 3.81. The van der Waals surface area contributed by atoms with E-state index >= 15 is 0 Å². The maximum Gasteiger partial charge on any atom is 0.142 e. The summed E-state index contributed by atoms with van der Waals surface area (Å²) in [5, 5.41) is 9.50. The van der Waals surface area contributed by atoms with E-state index in [4.69, 9.17) is 10.5 Å². The predicted molar refractivity (Wildman–Crippen MR) is 94.4 cm³/mol. The van der Waals surface area contributed by atoms with Crippen LogP contribution < -0.4 is 5.73 Å². The van der Waals surface area contributed by atoms with Crippen LogP contribution in [-0.2, 0) is 4.74 Å². The quantitative estimate of drug-likeness (QED) is 0.753. The molecular weight excluding hydrogens is 320 g/mol. The number of hydrogen-bond donors (Lipinski definition) is 2. The van der Waals surface area contributed by atoms with Crippen molar-refractivity contribution in [2.75, 3.05) is 12.3 Å². The molecule has 120 valence electrons. The molecule has 4 rings (SSSR count). The predicted octanol–water partition coefficient (Wildman–Crippen LogP) is 4.11. The molecule has 24 heavy (non-hydrogen) atoms. The number of nitrogen functional groups attached to an aromatic ring is 1. The average molecular weight is 336 g/mol. The fourth-order valence-electron chi connectivity index (χ4n) is 2.98. The molecule has 0 radical (unpaired) electrons. The van der Waals surface area contributed by atoms with E-state index in [2.05, 4.69) is 22.1 Å². The highest BCUT2D eigenvalue weighted by atomic mass is 32.1. The monoisotopic (exact) mass is 336 g/mol. The number of nitrogens with two attached hydrogens (primary N) is 1. The zero-order valence-electron chi connectivity index (χ0n) is 13.0. The van der Waals surface area contributed by atoms with Gasteiger partial charge in [-0.25, -0.2) is 4.98 Å². The third-order valence-corrected chi connectivity index (χ3v) is 5.38. The molecule has 5 nitrogen and oxygen atoms in total. The zero-order valence-corrected chi connectivity index (χ0v) is 13.8. The first-order valence-electron chi connectivity index (χ1n) is 7.82. The van der Waals surface area contributed by atoms with E-state index in [9.17, 15) is 5.26 Å². The van der Waals surface area contributed by atoms with Crippen LogP contribution in [0.3, 0.4) is 0 Å². The van der Waals surface area contributed by atoms with Gasteiger partial charge in [-0.1, -0.05) is 0 Å². The Balaban J connectivity index is 1.80. The van der Waals surface area contributed by atoms with E-state index in [1.54, 1.807) is 11.3 Å². The number of nitrogens with zero attached hydrogens (tertiary/aromatic N) is 2. The number of nitriles is 1. The number of pyridine rings is 1. The van der Waals surface area contributed by atoms with Crippen molar-refractivity contribution in [2.24, 2.45) is 0 Å². The van der Waals surface area contributed by atoms with Gasteiger partial charge < -0.3 is 15.5 Å². The molecule has 0 unspecified atom stereocenters. The molecule has 1 atom stereocenters. The summed E-state index contributed by atoms with van der Waals surface area (Å²) >= 11 is 1.66. The molecule has 4 heterocycles. The summed E-state index contributed by atoms with van der Waals surface area (Å²) < 4.78 is 5.75. The van der Waals surface area contributed by atoms with Crippen LogP contribution in [0.1, 0.15) is 29.4 Å². The van der Waals surface area contributed by atoms with E-state index in [0.717, 1.165) is 41.3 Å². The summed E-state index contributed by atoms with van der Waals surface area (Å²) in [6, 6.07) is 12.1. The topological polar surface area (TPSA) is 87.7 Å². The lowest BCUT2D eigenvalue weighted by Gasteiger charge is -2.08. The maximum atomic E-state index is 9.50. The van der Waals surface area contributed by atoms with Gasteiger partial charge >= 0.3 is 0 Å². The van der Waals surface area contributed by atoms with Crippen LogP contribution in [0.4, 0.5) is 5.82 Å². The molecule has 3 aromatic rings. The molecule has 0 saturated carbocycles. The van der Waals surface area contributed by atoms with Gasteiger partial charge in [0.1, 0.15) is 17.5 Å². The Bertz CT molecular complexity index is 902. The maximum absolute atomic E-state index is 9.50. The van der Waals surface area contributed by atoms with Gasteiger partial charge in [-0.2, -0.15) is 5.26 Å². The van der Waals surface area contributed by atoms with Crippen LogP contribution in [0.2, 0.25) is 0 Å². The second kappa shape index (κ2) is 6.11. The van der Waals surface area contributed by atoms with E-state index in [1.165, 1.54) is 4.88 Å². The van der Waals surface area contributed by atoms with Gasteiger partial charge in [0.2, 0.25) is 0 Å². The number of rotatable bonds is 3. The van der Waals surface area contributed by atoms with Crippen LogP contribution in [0, 0.1) is 11.3 Å². The van der Waals surface area contributed by atoms with E-state index in [1.807, 2.05) is 30.5 Å². The average Bonchev–Trinajstić information content (AvgIpc) is 3.35. The minimum Gasteiger partial charge on any atom is -0.383 e. The minimum atomic E-state index is 0.177. The molecule has 1 aliphatic rings. The largest absolute Gasteiger partial charge is 0.383 e. The van der Waals surface area contributed by atoms with Crippen molar-refractivity contribution in [1.82, 2.24) is 9.97 Å². The fraction of sp³-hybridized carbons (Fsp3) is 0.222. The van der Waals surface area contributed by atoms with Gasteiger partial charge in [0.05, 0.1) is 17.5 Å². The second-order valence-corrected chi connectivity index (χ2v) is 6.83. The summed E-state index contributed by atoms with van der Waals surface area (Å²) in [6.45, 7) is 0.820. The lowest BCUT2D eigenvalue weighted by molar-refractivity contribution is 0.114. The van der Waals surface area contributed by atoms with Crippen molar-refractivity contribution in [1.29, 1.82) is 5.26 Å². The van der Waals surface area contributed by atoms with E-state index in [0.29, 0.717) is 5.56 Å². The van der Waals surface area contributed by atoms with Gasteiger partial charge in [-0.15, -0.1) is 11.3 Å². The van der Waals surface area contributed by atoms with Gasteiger partial charge in [0.15, 0.2) is 0 Å². The molecule has 0 spiro atoms. The number of aromatic nitrogens is 2. The normalized spacial score (nSPS) is 17.0. The second-order valence-electron chi connectivity index (χ2n) is 5.71. The SMILES string of the molecule is N#Cc1c(-c2ccc([C@@H]3CCCO3)s2)cc(-c2ccc[nH]2)nc1N. The van der Waals surface area contributed by atoms with Crippen LogP contribution in [0.5, 0.6) is 0 Å². The highest BCUT2D eigenvalue weighted by Crippen LogP contribution is 2.39. The molecule has 3 aromatic heterocycles. The molecule has 0 aromatic carbocycles. The Morgan fingerprint density at radius 1 is 1.38 bits per heavy atom. The number of nitrogens with one attached hydrogen (secondary N) is 1. The van der Waals surface area contributed by atoms with Crippen molar-refractivity contribution in [3.05, 3.63) is 47.0 Å². The number of H-pyrrole nitrogens is 1. The van der Waals surface area contributed by atoms with Crippen LogP contribution in [0.15, 0.2) is 36.5 Å². The van der Waals surface area contributed by atoms with Crippen molar-refractivity contribution in [2.45, 2.75) is 18.9 Å². The molecule has 1 fully saturated rings. The van der Waals surface area contributed by atoms with E-state index < -0.39 is 0 Å². The van der Waals surface area contributed by atoms with Crippen LogP contribution >= 0.6 is 11.3 Å². The first-order valence-corrected chi connectivity index (χ1v) is 8.64. The lowest BCUT2D eigenvalue weighted by Crippen LogP contribution is -1.99. The van der Waals surface area contributed by atoms with Crippen molar-refractivity contribution < 1.29 is 4.74 Å². The molecule has 3 N–H and O–H groups in total. The molecular formula is C18H16N4OS. The fourth-order valence-corrected chi connectivity index (χ4v) is 4.09. The third kappa shape index (κ3) is 2.58. The smallest absolute Gasteiger partial charge is 0.142 e. The van der Waals surface area contributed by atoms with Gasteiger partial charge in [-0.05, 0) is 43.2 Å². The molecule has 0 amide bonds. The standard InChI is InChI=1S/C18H16N4OS/c19-10-12-11(9-14(22-18(12)20)13-3-1-7-21-13)16-5-6-17(24-16)15-4-2-8-23-15/h1,3,5-7,9,15,21H,2,4,8H2,(H2,20,22)/t15-/m0/s1. The van der Waals surface area contributed by atoms with Gasteiger partial charge in [0, 0.05) is 28.1 Å². The Morgan fingerprint density at radius 2 is 2.29 bits per heavy atom. The lowest BCUT2D eigenvalue weighted by atomic mass is 10.1. The highest BCUT2D eigenvalue weighted by molar-refractivity contribution is 7.15. The molecule has 0 aliphatic carbocycles. The molecule has 1 aliphatic heterocycles. The number of ether oxygens (including phenoxy) is 1. The van der Waals surface area contributed by atoms with Crippen molar-refractivity contribution in [3.8, 4) is 27.9 Å². The number of thiophene rings is 1. The minimum absolute atomic E-state index is 0.177. The van der Waals surface area contributed by atoms with E-state index in [-0.39, 0.29) is 11.9 Å². The summed E-state index contributed by atoms with van der Waals surface area (Å²) in [7, 11) is 0. The van der Waals surface area contributed by atoms with Crippen LogP contribution in [-0.4, -0.2) is 16.6 Å². The summed E-state index contributed by atoms with van der Waals surface area (Å²) in [5.41, 5.74) is 8.90. The Morgan fingerprint density at radius 3 is 3.00 bits per heavy atom. The number of anilines is 1. The first kappa shape index (κ1) is 14.9. The summed E-state index contributed by atoms with van der Waals surface area (Å²) in [5.74, 6) is 0.256. The summed E-state index contributed by atoms with van der Waals surface area (Å²) in [4.78, 5) is 9.70. The molecule has 6 heteroatoms. The zero-order chi connectivity index (χ0) is 16.5. The number of hydrogen-bond acceptors (Lipinski definition) is 5. The van der Waals surface area contributed by atoms with Crippen molar-refractivity contribution >= 4 is 17.2 Å². The van der Waals surface area contributed by atoms with Crippen LogP contribution in [0.25, 0.3) is 21.8 Å². The van der Waals surface area contributed by atoms with Gasteiger partial charge in [0.25, 0.3) is 0 Å².